The van der Waals surface area contributed by atoms with Crippen LogP contribution < -0.4 is 34.6 Å². The summed E-state index contributed by atoms with van der Waals surface area (Å²) in [6, 6.07) is 7.51. The number of methoxy groups -OCH3 is 2. The fourth-order valence-electron chi connectivity index (χ4n) is 7.64. The molecule has 3 aliphatic rings. The van der Waals surface area contributed by atoms with Gasteiger partial charge < -0.3 is 20.1 Å². The average Bonchev–Trinajstić information content (AvgIpc) is 3.66. The third kappa shape index (κ3) is 8.18. The van der Waals surface area contributed by atoms with Crippen molar-refractivity contribution in [1.82, 2.24) is 15.3 Å². The van der Waals surface area contributed by atoms with Crippen molar-refractivity contribution in [2.24, 2.45) is 11.8 Å². The second-order valence-corrected chi connectivity index (χ2v) is 16.0. The maximum atomic E-state index is 14.6. The predicted octanol–water partition coefficient (Wildman–Crippen LogP) is 6.76. The molecular formula is C36H43Cl2N7O6S. The average molecular weight is 773 g/mol. The van der Waals surface area contributed by atoms with E-state index in [4.69, 9.17) is 42.6 Å². The molecule has 3 atom stereocenters. The summed E-state index contributed by atoms with van der Waals surface area (Å²) in [5.74, 6) is 2.14. The number of urea groups is 1. The third-order valence-corrected chi connectivity index (χ3v) is 11.4. The van der Waals surface area contributed by atoms with Gasteiger partial charge in [-0.25, -0.2) is 18.2 Å². The van der Waals surface area contributed by atoms with Gasteiger partial charge in [0.25, 0.3) is 0 Å². The van der Waals surface area contributed by atoms with E-state index in [1.807, 2.05) is 0 Å². The van der Waals surface area contributed by atoms with Gasteiger partial charge in [0, 0.05) is 35.6 Å². The highest BCUT2D eigenvalue weighted by Gasteiger charge is 2.39. The number of rotatable bonds is 12. The van der Waals surface area contributed by atoms with E-state index in [1.54, 1.807) is 36.5 Å². The minimum absolute atomic E-state index is 0.0135. The normalized spacial score (nSPS) is 20.6. The quantitative estimate of drug-likeness (QED) is 0.170. The number of nitrogens with one attached hydrogen (secondary N) is 3. The number of fused-ring (bicyclic) bond motifs is 1. The lowest BCUT2D eigenvalue weighted by Crippen LogP contribution is -2.51. The van der Waals surface area contributed by atoms with Gasteiger partial charge in [-0.15, -0.1) is 0 Å². The summed E-state index contributed by atoms with van der Waals surface area (Å²) in [5.41, 5.74) is 1.77. The topological polar surface area (TPSA) is 155 Å². The van der Waals surface area contributed by atoms with Gasteiger partial charge in [-0.3, -0.25) is 19.3 Å². The Morgan fingerprint density at radius 1 is 1.04 bits per heavy atom. The Bertz CT molecular complexity index is 1930. The largest absolute Gasteiger partial charge is 0.495 e. The van der Waals surface area contributed by atoms with E-state index < -0.39 is 16.1 Å². The molecule has 0 bridgehead atoms. The van der Waals surface area contributed by atoms with Crippen molar-refractivity contribution < 1.29 is 27.5 Å². The first-order valence-corrected chi connectivity index (χ1v) is 19.8. The molecule has 16 heteroatoms. The summed E-state index contributed by atoms with van der Waals surface area (Å²) in [7, 11) is -0.646. The van der Waals surface area contributed by atoms with Gasteiger partial charge in [0.2, 0.25) is 21.9 Å². The second-order valence-electron chi connectivity index (χ2n) is 13.5. The van der Waals surface area contributed by atoms with Gasteiger partial charge in [-0.2, -0.15) is 4.98 Å². The smallest absolute Gasteiger partial charge is 0.330 e. The van der Waals surface area contributed by atoms with Gasteiger partial charge in [0.1, 0.15) is 27.4 Å². The fraction of sp³-hybridized carbons (Fsp3) is 0.444. The summed E-state index contributed by atoms with van der Waals surface area (Å²) in [6.07, 6.45) is 11.6. The first kappa shape index (κ1) is 37.5. The Kier molecular flexibility index (Phi) is 11.4. The maximum absolute atomic E-state index is 14.6. The number of anilines is 4. The van der Waals surface area contributed by atoms with Gasteiger partial charge >= 0.3 is 6.03 Å². The Morgan fingerprint density at radius 2 is 1.75 bits per heavy atom. The molecule has 1 aromatic heterocycles. The summed E-state index contributed by atoms with van der Waals surface area (Å²) in [4.78, 5) is 39.5. The zero-order chi connectivity index (χ0) is 37.2. The molecule has 2 aliphatic carbocycles. The Balaban J connectivity index is 1.38. The van der Waals surface area contributed by atoms with Gasteiger partial charge in [0.05, 0.1) is 39.3 Å². The third-order valence-electron chi connectivity index (χ3n) is 10.1. The summed E-state index contributed by atoms with van der Waals surface area (Å²) in [6.45, 7) is 3.67. The molecule has 1 aliphatic heterocycles. The van der Waals surface area contributed by atoms with Crippen molar-refractivity contribution in [3.8, 4) is 11.5 Å². The number of amides is 3. The fourth-order valence-corrected chi connectivity index (χ4v) is 8.90. The van der Waals surface area contributed by atoms with Gasteiger partial charge in [-0.05, 0) is 54.9 Å². The number of carbonyl (C=O) groups excluding carboxylic acids is 2. The molecule has 2 fully saturated rings. The molecule has 0 spiro atoms. The monoisotopic (exact) mass is 771 g/mol. The van der Waals surface area contributed by atoms with Crippen LogP contribution >= 0.6 is 23.2 Å². The number of halogens is 2. The molecular weight excluding hydrogens is 729 g/mol. The van der Waals surface area contributed by atoms with Crippen LogP contribution in [-0.2, 0) is 27.9 Å². The van der Waals surface area contributed by atoms with Crippen LogP contribution in [0, 0.1) is 11.8 Å². The second kappa shape index (κ2) is 15.8. The van der Waals surface area contributed by atoms with E-state index in [2.05, 4.69) is 21.9 Å². The van der Waals surface area contributed by atoms with E-state index in [1.165, 1.54) is 55.8 Å². The SMILES string of the molecule is C=CC(=O)NC1CCC(C2CCCC2)CC1Nc1ncc2c(n1)N(Cc1cccc(NS(C)(=O)=O)c1)C(=O)N(c1c(Cl)c(OC)cc(OC)c1Cl)C2. The van der Waals surface area contributed by atoms with Crippen LogP contribution in [0.4, 0.5) is 27.9 Å². The molecule has 2 aromatic carbocycles. The Morgan fingerprint density at radius 3 is 2.40 bits per heavy atom. The molecule has 0 radical (unpaired) electrons. The molecule has 3 aromatic rings. The molecule has 3 N–H and O–H groups in total. The number of hydrogen-bond acceptors (Lipinski definition) is 9. The Hall–Kier alpha value is -4.27. The molecule has 13 nitrogen and oxygen atoms in total. The number of ether oxygens (including phenoxy) is 2. The van der Waals surface area contributed by atoms with Crippen LogP contribution in [0.25, 0.3) is 0 Å². The first-order valence-electron chi connectivity index (χ1n) is 17.2. The van der Waals surface area contributed by atoms with E-state index in [0.29, 0.717) is 40.4 Å². The molecule has 2 heterocycles. The number of aromatic nitrogens is 2. The molecule has 52 heavy (non-hydrogen) atoms. The van der Waals surface area contributed by atoms with Crippen LogP contribution in [0.3, 0.4) is 0 Å². The highest BCUT2D eigenvalue weighted by Crippen LogP contribution is 2.48. The standard InChI is InChI=1S/C36H43Cl2N7O6S/c1-5-30(46)40-26-14-13-23(22-10-6-7-11-22)16-27(26)41-35-39-18-24-20-44(33-31(37)28(50-2)17-29(51-3)32(33)38)36(47)45(34(24)42-35)19-21-9-8-12-25(15-21)43-52(4,48)49/h5,8-9,12,15,17-18,22-23,26-27,43H,1,6-7,10-11,13-14,16,19-20H2,2-4H3,(H,40,46)(H,39,41,42). The van der Waals surface area contributed by atoms with Crippen molar-refractivity contribution in [2.45, 2.75) is 70.1 Å². The van der Waals surface area contributed by atoms with Crippen molar-refractivity contribution >= 4 is 68.3 Å². The molecule has 3 unspecified atom stereocenters. The zero-order valence-electron chi connectivity index (χ0n) is 29.3. The summed E-state index contributed by atoms with van der Waals surface area (Å²) in [5, 5.41) is 6.84. The number of sulfonamides is 1. The molecule has 278 valence electrons. The van der Waals surface area contributed by atoms with Gasteiger partial charge in [0.15, 0.2) is 0 Å². The van der Waals surface area contributed by atoms with Crippen molar-refractivity contribution in [3.63, 3.8) is 0 Å². The Labute approximate surface area is 314 Å². The van der Waals surface area contributed by atoms with Crippen LogP contribution in [0.2, 0.25) is 10.0 Å². The molecule has 6 rings (SSSR count). The van der Waals surface area contributed by atoms with Crippen LogP contribution in [-0.4, -0.2) is 62.9 Å². The maximum Gasteiger partial charge on any atom is 0.330 e. The zero-order valence-corrected chi connectivity index (χ0v) is 31.7. The minimum atomic E-state index is -3.55. The summed E-state index contributed by atoms with van der Waals surface area (Å²) >= 11 is 13.6. The van der Waals surface area contributed by atoms with Crippen molar-refractivity contribution in [2.75, 3.05) is 40.3 Å². The predicted molar refractivity (Wildman–Crippen MR) is 203 cm³/mol. The lowest BCUT2D eigenvalue weighted by molar-refractivity contribution is -0.117. The van der Waals surface area contributed by atoms with Crippen molar-refractivity contribution in [3.05, 3.63) is 70.4 Å². The minimum Gasteiger partial charge on any atom is -0.495 e. The van der Waals surface area contributed by atoms with Crippen LogP contribution in [0.5, 0.6) is 11.5 Å². The highest BCUT2D eigenvalue weighted by molar-refractivity contribution is 7.92. The summed E-state index contributed by atoms with van der Waals surface area (Å²) < 4.78 is 37.4. The van der Waals surface area contributed by atoms with Crippen molar-refractivity contribution in [1.29, 1.82) is 0 Å². The van der Waals surface area contributed by atoms with E-state index in [0.717, 1.165) is 25.5 Å². The molecule has 3 amide bonds. The number of nitrogens with zero attached hydrogens (tertiary/aromatic N) is 4. The van der Waals surface area contributed by atoms with E-state index in [-0.39, 0.29) is 58.3 Å². The molecule has 2 saturated carbocycles. The van der Waals surface area contributed by atoms with E-state index in [9.17, 15) is 18.0 Å². The number of hydrogen-bond donors (Lipinski definition) is 3. The number of benzene rings is 2. The molecule has 0 saturated heterocycles. The first-order chi connectivity index (χ1) is 24.9. The van der Waals surface area contributed by atoms with E-state index >= 15 is 0 Å². The lowest BCUT2D eigenvalue weighted by Gasteiger charge is -2.40. The number of carbonyl (C=O) groups is 2. The lowest BCUT2D eigenvalue weighted by atomic mass is 9.75. The highest BCUT2D eigenvalue weighted by atomic mass is 35.5. The van der Waals surface area contributed by atoms with Crippen LogP contribution in [0.15, 0.2) is 49.2 Å². The van der Waals surface area contributed by atoms with Gasteiger partial charge in [-0.1, -0.05) is 67.6 Å². The van der Waals surface area contributed by atoms with Crippen LogP contribution in [0.1, 0.15) is 56.1 Å².